The van der Waals surface area contributed by atoms with Gasteiger partial charge in [0.25, 0.3) is 15.9 Å². The Labute approximate surface area is 172 Å². The molecule has 1 saturated heterocycles. The Morgan fingerprint density at radius 2 is 1.93 bits per heavy atom. The van der Waals surface area contributed by atoms with Gasteiger partial charge in [-0.25, -0.2) is 8.42 Å². The molecule has 3 rings (SSSR count). The van der Waals surface area contributed by atoms with Crippen molar-refractivity contribution < 1.29 is 13.2 Å². The van der Waals surface area contributed by atoms with E-state index < -0.39 is 10.0 Å². The molecular formula is C20H26ClN3O3S. The van der Waals surface area contributed by atoms with Gasteiger partial charge in [-0.3, -0.25) is 9.52 Å². The molecule has 0 radical (unpaired) electrons. The van der Waals surface area contributed by atoms with E-state index in [4.69, 9.17) is 0 Å². The van der Waals surface area contributed by atoms with Crippen molar-refractivity contribution in [2.24, 2.45) is 0 Å². The van der Waals surface area contributed by atoms with E-state index in [1.165, 1.54) is 0 Å². The smallest absolute Gasteiger partial charge is 0.262 e. The number of benzene rings is 2. The number of hydrogen-bond acceptors (Lipinski definition) is 4. The normalized spacial score (nSPS) is 16.3. The van der Waals surface area contributed by atoms with Crippen LogP contribution in [0.15, 0.2) is 47.4 Å². The highest BCUT2D eigenvalue weighted by molar-refractivity contribution is 7.92. The number of nitrogens with zero attached hydrogens (tertiary/aromatic N) is 1. The Balaban J connectivity index is 0.00000280. The van der Waals surface area contributed by atoms with Crippen LogP contribution in [0, 0.1) is 13.8 Å². The number of rotatable bonds is 5. The van der Waals surface area contributed by atoms with Crippen LogP contribution in [0.5, 0.6) is 0 Å². The van der Waals surface area contributed by atoms with Gasteiger partial charge in [0.15, 0.2) is 0 Å². The summed E-state index contributed by atoms with van der Waals surface area (Å²) in [7, 11) is -1.95. The maximum atomic E-state index is 12.8. The monoisotopic (exact) mass is 423 g/mol. The number of anilines is 1. The Hall–Kier alpha value is -2.09. The van der Waals surface area contributed by atoms with Crippen molar-refractivity contribution in [3.05, 3.63) is 59.2 Å². The molecule has 0 saturated carbocycles. The first-order valence-electron chi connectivity index (χ1n) is 8.96. The minimum Gasteiger partial charge on any atom is -0.337 e. The standard InChI is InChI=1S/C20H25N3O3S.ClH/c1-14-7-8-15(2)19(11-14)27(25,26)22-17-6-4-5-16(12-17)20(24)23(3)18-9-10-21-13-18;/h4-8,11-12,18,21-22H,9-10,13H2,1-3H3;1H. The van der Waals surface area contributed by atoms with Gasteiger partial charge in [-0.2, -0.15) is 0 Å². The molecule has 1 heterocycles. The highest BCUT2D eigenvalue weighted by atomic mass is 35.5. The SMILES string of the molecule is Cc1ccc(C)c(S(=O)(=O)Nc2cccc(C(=O)N(C)C3CCNC3)c2)c1.Cl. The van der Waals surface area contributed by atoms with Crippen molar-refractivity contribution in [1.82, 2.24) is 10.2 Å². The third kappa shape index (κ3) is 4.84. The first-order valence-corrected chi connectivity index (χ1v) is 10.4. The van der Waals surface area contributed by atoms with Gasteiger partial charge in [-0.05, 0) is 62.2 Å². The molecule has 1 atom stereocenters. The number of aryl methyl sites for hydroxylation is 2. The predicted molar refractivity (Wildman–Crippen MR) is 114 cm³/mol. The minimum atomic E-state index is -3.73. The molecule has 1 aliphatic rings. The number of hydrogen-bond donors (Lipinski definition) is 2. The van der Waals surface area contributed by atoms with Crippen LogP contribution in [0.1, 0.15) is 27.9 Å². The molecule has 2 N–H and O–H groups in total. The van der Waals surface area contributed by atoms with Crippen LogP contribution in [0.2, 0.25) is 0 Å². The summed E-state index contributed by atoms with van der Waals surface area (Å²) in [6.45, 7) is 5.29. The number of halogens is 1. The summed E-state index contributed by atoms with van der Waals surface area (Å²) in [5.74, 6) is -0.114. The van der Waals surface area contributed by atoms with Gasteiger partial charge in [-0.15, -0.1) is 12.4 Å². The predicted octanol–water partition coefficient (Wildman–Crippen LogP) is 2.96. The van der Waals surface area contributed by atoms with E-state index in [-0.39, 0.29) is 29.3 Å². The average Bonchev–Trinajstić information content (AvgIpc) is 3.17. The van der Waals surface area contributed by atoms with Crippen LogP contribution in [0.4, 0.5) is 5.69 Å². The number of carbonyl (C=O) groups excluding carboxylic acids is 1. The lowest BCUT2D eigenvalue weighted by atomic mass is 10.1. The zero-order chi connectivity index (χ0) is 19.6. The number of nitrogens with one attached hydrogen (secondary N) is 2. The third-order valence-corrected chi connectivity index (χ3v) is 6.42. The van der Waals surface area contributed by atoms with Crippen LogP contribution in [-0.2, 0) is 10.0 Å². The highest BCUT2D eigenvalue weighted by Gasteiger charge is 2.24. The van der Waals surface area contributed by atoms with Crippen molar-refractivity contribution in [3.63, 3.8) is 0 Å². The molecule has 28 heavy (non-hydrogen) atoms. The summed E-state index contributed by atoms with van der Waals surface area (Å²) in [6.07, 6.45) is 0.918. The van der Waals surface area contributed by atoms with Gasteiger partial charge in [-0.1, -0.05) is 18.2 Å². The molecular weight excluding hydrogens is 398 g/mol. The van der Waals surface area contributed by atoms with E-state index >= 15 is 0 Å². The molecule has 6 nitrogen and oxygen atoms in total. The molecule has 152 valence electrons. The summed E-state index contributed by atoms with van der Waals surface area (Å²) in [5.41, 5.74) is 2.38. The van der Waals surface area contributed by atoms with Crippen molar-refractivity contribution in [3.8, 4) is 0 Å². The first kappa shape index (κ1) is 22.2. The Bertz CT molecular complexity index is 957. The lowest BCUT2D eigenvalue weighted by Crippen LogP contribution is -2.38. The Morgan fingerprint density at radius 3 is 2.61 bits per heavy atom. The largest absolute Gasteiger partial charge is 0.337 e. The van der Waals surface area contributed by atoms with Gasteiger partial charge in [0, 0.05) is 30.9 Å². The molecule has 1 amide bonds. The van der Waals surface area contributed by atoms with Crippen molar-refractivity contribution in [2.75, 3.05) is 24.9 Å². The molecule has 0 aromatic heterocycles. The topological polar surface area (TPSA) is 78.5 Å². The van der Waals surface area contributed by atoms with Gasteiger partial charge in [0.2, 0.25) is 0 Å². The second-order valence-electron chi connectivity index (χ2n) is 7.02. The summed E-state index contributed by atoms with van der Waals surface area (Å²) in [5, 5.41) is 3.24. The zero-order valence-corrected chi connectivity index (χ0v) is 17.9. The molecule has 8 heteroatoms. The summed E-state index contributed by atoms with van der Waals surface area (Å²) in [6, 6.07) is 12.1. The van der Waals surface area contributed by atoms with E-state index in [1.54, 1.807) is 55.3 Å². The lowest BCUT2D eigenvalue weighted by Gasteiger charge is -2.24. The molecule has 2 aromatic carbocycles. The van der Waals surface area contributed by atoms with E-state index in [9.17, 15) is 13.2 Å². The second kappa shape index (κ2) is 8.94. The number of sulfonamides is 1. The number of likely N-dealkylation sites (N-methyl/N-ethyl adjacent to an activating group) is 1. The van der Waals surface area contributed by atoms with Gasteiger partial charge >= 0.3 is 0 Å². The molecule has 1 aliphatic heterocycles. The van der Waals surface area contributed by atoms with Gasteiger partial charge in [0.05, 0.1) is 4.90 Å². The Kier molecular flexibility index (Phi) is 7.09. The Morgan fingerprint density at radius 1 is 1.18 bits per heavy atom. The maximum Gasteiger partial charge on any atom is 0.262 e. The summed E-state index contributed by atoms with van der Waals surface area (Å²) >= 11 is 0. The number of carbonyl (C=O) groups is 1. The quantitative estimate of drug-likeness (QED) is 0.774. The summed E-state index contributed by atoms with van der Waals surface area (Å²) in [4.78, 5) is 14.7. The van der Waals surface area contributed by atoms with Crippen LogP contribution >= 0.6 is 12.4 Å². The van der Waals surface area contributed by atoms with Crippen molar-refractivity contribution in [2.45, 2.75) is 31.2 Å². The van der Waals surface area contributed by atoms with Gasteiger partial charge in [0.1, 0.15) is 0 Å². The molecule has 0 spiro atoms. The van der Waals surface area contributed by atoms with E-state index in [2.05, 4.69) is 10.0 Å². The average molecular weight is 424 g/mol. The van der Waals surface area contributed by atoms with E-state index in [0.717, 1.165) is 25.1 Å². The fourth-order valence-electron chi connectivity index (χ4n) is 3.26. The zero-order valence-electron chi connectivity index (χ0n) is 16.2. The lowest BCUT2D eigenvalue weighted by molar-refractivity contribution is 0.0744. The van der Waals surface area contributed by atoms with Crippen LogP contribution < -0.4 is 10.0 Å². The highest BCUT2D eigenvalue weighted by Crippen LogP contribution is 2.22. The molecule has 0 bridgehead atoms. The molecule has 1 unspecified atom stereocenters. The van der Waals surface area contributed by atoms with Crippen LogP contribution in [-0.4, -0.2) is 45.4 Å². The fourth-order valence-corrected chi connectivity index (χ4v) is 4.64. The van der Waals surface area contributed by atoms with Crippen LogP contribution in [0.25, 0.3) is 0 Å². The number of amides is 1. The first-order chi connectivity index (χ1) is 12.8. The van der Waals surface area contributed by atoms with E-state index in [0.29, 0.717) is 16.8 Å². The second-order valence-corrected chi connectivity index (χ2v) is 8.67. The third-order valence-electron chi connectivity index (χ3n) is 4.90. The molecule has 0 aliphatic carbocycles. The van der Waals surface area contributed by atoms with E-state index in [1.807, 2.05) is 13.0 Å². The molecule has 2 aromatic rings. The minimum absolute atomic E-state index is 0. The summed E-state index contributed by atoms with van der Waals surface area (Å²) < 4.78 is 28.2. The molecule has 1 fully saturated rings. The maximum absolute atomic E-state index is 12.8. The van der Waals surface area contributed by atoms with Gasteiger partial charge < -0.3 is 10.2 Å². The van der Waals surface area contributed by atoms with Crippen molar-refractivity contribution in [1.29, 1.82) is 0 Å². The fraction of sp³-hybridized carbons (Fsp3) is 0.350. The van der Waals surface area contributed by atoms with Crippen LogP contribution in [0.3, 0.4) is 0 Å². The van der Waals surface area contributed by atoms with Crippen molar-refractivity contribution >= 4 is 34.0 Å².